The maximum atomic E-state index is 2.70. The van der Waals surface area contributed by atoms with E-state index in [1.807, 2.05) is 0 Å². The number of unbranched alkanes of at least 4 members (excludes halogenated alkanes) is 9. The van der Waals surface area contributed by atoms with Crippen LogP contribution < -0.4 is 0 Å². The Morgan fingerprint density at radius 1 is 0.500 bits per heavy atom. The second-order valence-electron chi connectivity index (χ2n) is 6.72. The van der Waals surface area contributed by atoms with Gasteiger partial charge in [0.05, 0.1) is 0 Å². The first-order valence-corrected chi connectivity index (χ1v) is 10.2. The van der Waals surface area contributed by atoms with Crippen LogP contribution in [0.25, 0.3) is 0 Å². The lowest BCUT2D eigenvalue weighted by atomic mass is 10.1. The highest BCUT2D eigenvalue weighted by Crippen LogP contribution is 2.09. The van der Waals surface area contributed by atoms with Gasteiger partial charge >= 0.3 is 0 Å². The molecule has 0 fully saturated rings. The largest absolute Gasteiger partial charge is 0.303 e. The minimum absolute atomic E-state index is 1.25. The van der Waals surface area contributed by atoms with E-state index >= 15 is 0 Å². The van der Waals surface area contributed by atoms with E-state index in [9.17, 15) is 0 Å². The van der Waals surface area contributed by atoms with E-state index < -0.39 is 0 Å². The molecule has 132 valence electrons. The molecule has 0 rings (SSSR count). The van der Waals surface area contributed by atoms with Crippen LogP contribution >= 0.6 is 0 Å². The molecule has 0 aromatic heterocycles. The van der Waals surface area contributed by atoms with Gasteiger partial charge in [0, 0.05) is 0 Å². The van der Waals surface area contributed by atoms with Gasteiger partial charge in [-0.1, -0.05) is 77.9 Å². The average molecular weight is 310 g/mol. The van der Waals surface area contributed by atoms with E-state index in [0.29, 0.717) is 0 Å². The van der Waals surface area contributed by atoms with E-state index in [4.69, 9.17) is 0 Å². The lowest BCUT2D eigenvalue weighted by Crippen LogP contribution is -2.26. The number of hydrogen-bond acceptors (Lipinski definition) is 1. The average Bonchev–Trinajstić information content (AvgIpc) is 2.53. The Balaban J connectivity index is 3.52. The van der Waals surface area contributed by atoms with Gasteiger partial charge in [-0.2, -0.15) is 0 Å². The zero-order chi connectivity index (χ0) is 16.3. The SMILES string of the molecule is CCC/C=C/CCCCN(CCC)CCCCCCCCC. The van der Waals surface area contributed by atoms with Crippen molar-refractivity contribution >= 4 is 0 Å². The van der Waals surface area contributed by atoms with E-state index in [1.165, 1.54) is 103 Å². The van der Waals surface area contributed by atoms with Crippen molar-refractivity contribution in [2.45, 2.75) is 104 Å². The smallest absolute Gasteiger partial charge is 0.00186 e. The summed E-state index contributed by atoms with van der Waals surface area (Å²) in [6.45, 7) is 10.8. The molecule has 0 aromatic carbocycles. The molecular weight excluding hydrogens is 266 g/mol. The van der Waals surface area contributed by atoms with Gasteiger partial charge < -0.3 is 4.90 Å². The maximum Gasteiger partial charge on any atom is -0.00186 e. The van der Waals surface area contributed by atoms with Gasteiger partial charge in [-0.3, -0.25) is 0 Å². The standard InChI is InChI=1S/C21H43N/c1-4-7-9-11-13-15-17-20-22(19-6-3)21-18-16-14-12-10-8-5-2/h9,11H,4-8,10,12-21H2,1-3H3/b11-9+. The first kappa shape index (κ1) is 21.7. The Labute approximate surface area is 141 Å². The molecule has 0 spiro atoms. The van der Waals surface area contributed by atoms with Gasteiger partial charge in [0.15, 0.2) is 0 Å². The van der Waals surface area contributed by atoms with Crippen LogP contribution in [0, 0.1) is 0 Å². The predicted molar refractivity (Wildman–Crippen MR) is 103 cm³/mol. The Morgan fingerprint density at radius 2 is 1.09 bits per heavy atom. The summed E-state index contributed by atoms with van der Waals surface area (Å²) in [5, 5.41) is 0. The van der Waals surface area contributed by atoms with Gasteiger partial charge in [0.1, 0.15) is 0 Å². The van der Waals surface area contributed by atoms with Crippen LogP contribution in [0.1, 0.15) is 104 Å². The number of rotatable bonds is 17. The van der Waals surface area contributed by atoms with Crippen LogP contribution in [0.3, 0.4) is 0 Å². The third kappa shape index (κ3) is 16.1. The van der Waals surface area contributed by atoms with Crippen LogP contribution in [0.2, 0.25) is 0 Å². The molecule has 0 heterocycles. The zero-order valence-electron chi connectivity index (χ0n) is 15.9. The van der Waals surface area contributed by atoms with E-state index in [-0.39, 0.29) is 0 Å². The molecule has 0 bridgehead atoms. The number of allylic oxidation sites excluding steroid dienone is 2. The summed E-state index contributed by atoms with van der Waals surface area (Å²) in [6.07, 6.45) is 22.5. The van der Waals surface area contributed by atoms with Crippen molar-refractivity contribution in [3.8, 4) is 0 Å². The lowest BCUT2D eigenvalue weighted by Gasteiger charge is -2.21. The summed E-state index contributed by atoms with van der Waals surface area (Å²) >= 11 is 0. The minimum Gasteiger partial charge on any atom is -0.303 e. The van der Waals surface area contributed by atoms with Crippen LogP contribution in [-0.4, -0.2) is 24.5 Å². The molecule has 0 aliphatic heterocycles. The molecule has 0 aliphatic carbocycles. The summed E-state index contributed by atoms with van der Waals surface area (Å²) < 4.78 is 0. The molecule has 0 saturated heterocycles. The second-order valence-corrected chi connectivity index (χ2v) is 6.72. The molecular formula is C21H43N. The van der Waals surface area contributed by atoms with E-state index in [1.54, 1.807) is 0 Å². The number of hydrogen-bond donors (Lipinski definition) is 0. The fraction of sp³-hybridized carbons (Fsp3) is 0.905. The highest BCUT2D eigenvalue weighted by molar-refractivity contribution is 4.80. The Kier molecular flexibility index (Phi) is 18.5. The fourth-order valence-electron chi connectivity index (χ4n) is 2.94. The zero-order valence-corrected chi connectivity index (χ0v) is 15.9. The van der Waals surface area contributed by atoms with E-state index in [0.717, 1.165) is 0 Å². The summed E-state index contributed by atoms with van der Waals surface area (Å²) in [4.78, 5) is 2.70. The normalized spacial score (nSPS) is 11.8. The van der Waals surface area contributed by atoms with Gasteiger partial charge in [-0.15, -0.1) is 0 Å². The first-order valence-electron chi connectivity index (χ1n) is 10.2. The van der Waals surface area contributed by atoms with Crippen molar-refractivity contribution in [3.05, 3.63) is 12.2 Å². The second kappa shape index (κ2) is 18.7. The molecule has 1 nitrogen and oxygen atoms in total. The van der Waals surface area contributed by atoms with Gasteiger partial charge in [-0.05, 0) is 58.2 Å². The molecule has 0 amide bonds. The molecule has 0 atom stereocenters. The van der Waals surface area contributed by atoms with Crippen molar-refractivity contribution in [1.29, 1.82) is 0 Å². The first-order chi connectivity index (χ1) is 10.8. The molecule has 0 N–H and O–H groups in total. The Morgan fingerprint density at radius 3 is 1.73 bits per heavy atom. The molecule has 1 heteroatoms. The van der Waals surface area contributed by atoms with Crippen molar-refractivity contribution in [2.75, 3.05) is 19.6 Å². The van der Waals surface area contributed by atoms with Crippen LogP contribution in [0.15, 0.2) is 12.2 Å². The predicted octanol–water partition coefficient (Wildman–Crippen LogP) is 6.98. The Bertz CT molecular complexity index is 222. The van der Waals surface area contributed by atoms with Crippen molar-refractivity contribution < 1.29 is 0 Å². The summed E-state index contributed by atoms with van der Waals surface area (Å²) in [5.41, 5.74) is 0. The molecule has 0 unspecified atom stereocenters. The minimum atomic E-state index is 1.25. The van der Waals surface area contributed by atoms with Gasteiger partial charge in [-0.25, -0.2) is 0 Å². The monoisotopic (exact) mass is 309 g/mol. The highest BCUT2D eigenvalue weighted by Gasteiger charge is 2.03. The molecule has 0 aliphatic rings. The fourth-order valence-corrected chi connectivity index (χ4v) is 2.94. The Hall–Kier alpha value is -0.300. The quantitative estimate of drug-likeness (QED) is 0.207. The molecule has 0 radical (unpaired) electrons. The third-order valence-corrected chi connectivity index (χ3v) is 4.33. The summed E-state index contributed by atoms with van der Waals surface area (Å²) in [5.74, 6) is 0. The van der Waals surface area contributed by atoms with Crippen molar-refractivity contribution in [3.63, 3.8) is 0 Å². The molecule has 22 heavy (non-hydrogen) atoms. The third-order valence-electron chi connectivity index (χ3n) is 4.33. The van der Waals surface area contributed by atoms with Crippen LogP contribution in [0.5, 0.6) is 0 Å². The van der Waals surface area contributed by atoms with Gasteiger partial charge in [0.2, 0.25) is 0 Å². The lowest BCUT2D eigenvalue weighted by molar-refractivity contribution is 0.262. The van der Waals surface area contributed by atoms with Gasteiger partial charge in [0.25, 0.3) is 0 Å². The molecule has 0 saturated carbocycles. The highest BCUT2D eigenvalue weighted by atomic mass is 15.1. The maximum absolute atomic E-state index is 2.70. The summed E-state index contributed by atoms with van der Waals surface area (Å²) in [7, 11) is 0. The van der Waals surface area contributed by atoms with Crippen molar-refractivity contribution in [2.24, 2.45) is 0 Å². The number of nitrogens with zero attached hydrogens (tertiary/aromatic N) is 1. The molecule has 0 aromatic rings. The van der Waals surface area contributed by atoms with Crippen LogP contribution in [0.4, 0.5) is 0 Å². The topological polar surface area (TPSA) is 3.24 Å². The van der Waals surface area contributed by atoms with E-state index in [2.05, 4.69) is 37.8 Å². The van der Waals surface area contributed by atoms with Crippen LogP contribution in [-0.2, 0) is 0 Å². The van der Waals surface area contributed by atoms with Crippen molar-refractivity contribution in [1.82, 2.24) is 4.90 Å². The summed E-state index contributed by atoms with van der Waals surface area (Å²) in [6, 6.07) is 0.